The third-order valence-electron chi connectivity index (χ3n) is 3.80. The number of fused-ring (bicyclic) bond motifs is 1. The molecule has 0 saturated carbocycles. The second kappa shape index (κ2) is 6.76. The number of carbonyl (C=O) groups is 1. The molecule has 122 valence electrons. The fourth-order valence-electron chi connectivity index (χ4n) is 2.45. The number of nitrogens with zero attached hydrogens (tertiary/aromatic N) is 1. The van der Waals surface area contributed by atoms with E-state index in [-0.39, 0.29) is 17.3 Å². The number of hydrogen-bond acceptors (Lipinski definition) is 4. The largest absolute Gasteiger partial charge is 0.393 e. The number of rotatable bonds is 5. The molecule has 1 aliphatic rings. The highest BCUT2D eigenvalue weighted by Crippen LogP contribution is 2.22. The number of benzene rings is 1. The number of amides is 1. The van der Waals surface area contributed by atoms with Gasteiger partial charge in [-0.2, -0.15) is 0 Å². The number of nitrogens with one attached hydrogen (secondary N) is 1. The molecule has 1 amide bonds. The SMILES string of the molecule is CC(=O)N1CCc2ccc(S(=O)(=O)NCC[C@H](C)O)cc2C1. The summed E-state index contributed by atoms with van der Waals surface area (Å²) in [5, 5.41) is 9.19. The van der Waals surface area contributed by atoms with Crippen LogP contribution in [-0.4, -0.2) is 43.5 Å². The Balaban J connectivity index is 2.16. The van der Waals surface area contributed by atoms with E-state index in [2.05, 4.69) is 4.72 Å². The maximum absolute atomic E-state index is 12.2. The molecule has 6 nitrogen and oxygen atoms in total. The highest BCUT2D eigenvalue weighted by molar-refractivity contribution is 7.89. The molecule has 1 heterocycles. The topological polar surface area (TPSA) is 86.7 Å². The van der Waals surface area contributed by atoms with E-state index in [1.807, 2.05) is 6.07 Å². The van der Waals surface area contributed by atoms with Crippen molar-refractivity contribution in [1.82, 2.24) is 9.62 Å². The van der Waals surface area contributed by atoms with Gasteiger partial charge in [-0.15, -0.1) is 0 Å². The Morgan fingerprint density at radius 2 is 2.14 bits per heavy atom. The zero-order valence-electron chi connectivity index (χ0n) is 12.9. The molecule has 2 N–H and O–H groups in total. The summed E-state index contributed by atoms with van der Waals surface area (Å²) in [4.78, 5) is 13.4. The molecule has 0 aliphatic carbocycles. The van der Waals surface area contributed by atoms with E-state index in [4.69, 9.17) is 0 Å². The Morgan fingerprint density at radius 3 is 2.77 bits per heavy atom. The van der Waals surface area contributed by atoms with Gasteiger partial charge in [-0.05, 0) is 43.0 Å². The van der Waals surface area contributed by atoms with Crippen molar-refractivity contribution in [2.75, 3.05) is 13.1 Å². The first kappa shape index (κ1) is 16.9. The molecule has 0 saturated heterocycles. The molecule has 0 fully saturated rings. The van der Waals surface area contributed by atoms with Crippen LogP contribution in [0.25, 0.3) is 0 Å². The fraction of sp³-hybridized carbons (Fsp3) is 0.533. The van der Waals surface area contributed by atoms with Crippen LogP contribution in [0, 0.1) is 0 Å². The number of hydrogen-bond donors (Lipinski definition) is 2. The van der Waals surface area contributed by atoms with E-state index >= 15 is 0 Å². The van der Waals surface area contributed by atoms with E-state index in [1.54, 1.807) is 24.0 Å². The van der Waals surface area contributed by atoms with Crippen LogP contribution in [0.1, 0.15) is 31.4 Å². The van der Waals surface area contributed by atoms with Crippen LogP contribution in [0.15, 0.2) is 23.1 Å². The lowest BCUT2D eigenvalue weighted by atomic mass is 10.00. The van der Waals surface area contributed by atoms with Crippen LogP contribution in [-0.2, 0) is 27.8 Å². The van der Waals surface area contributed by atoms with Crippen molar-refractivity contribution in [2.45, 2.75) is 44.2 Å². The van der Waals surface area contributed by atoms with Gasteiger partial charge in [0.2, 0.25) is 15.9 Å². The zero-order valence-corrected chi connectivity index (χ0v) is 13.7. The molecule has 7 heteroatoms. The van der Waals surface area contributed by atoms with Gasteiger partial charge in [-0.3, -0.25) is 4.79 Å². The molecule has 22 heavy (non-hydrogen) atoms. The van der Waals surface area contributed by atoms with Crippen LogP contribution in [0.2, 0.25) is 0 Å². The van der Waals surface area contributed by atoms with Gasteiger partial charge >= 0.3 is 0 Å². The van der Waals surface area contributed by atoms with Crippen LogP contribution in [0.5, 0.6) is 0 Å². The second-order valence-corrected chi connectivity index (χ2v) is 7.42. The monoisotopic (exact) mass is 326 g/mol. The Labute approximate surface area is 131 Å². The standard InChI is InChI=1S/C15H22N2O4S/c1-11(18)5-7-16-22(20,21)15-4-3-13-6-8-17(12(2)19)10-14(13)9-15/h3-4,9,11,16,18H,5-8,10H2,1-2H3/t11-/m0/s1. The van der Waals surface area contributed by atoms with E-state index in [0.29, 0.717) is 19.5 Å². The first-order chi connectivity index (χ1) is 10.3. The van der Waals surface area contributed by atoms with Gasteiger partial charge in [-0.25, -0.2) is 13.1 Å². The predicted octanol–water partition coefficient (Wildman–Crippen LogP) is 0.640. The summed E-state index contributed by atoms with van der Waals surface area (Å²) in [6.07, 6.45) is 0.558. The van der Waals surface area contributed by atoms with Gasteiger partial charge in [0.05, 0.1) is 11.0 Å². The maximum Gasteiger partial charge on any atom is 0.240 e. The zero-order chi connectivity index (χ0) is 16.3. The Kier molecular flexibility index (Phi) is 5.20. The first-order valence-corrected chi connectivity index (χ1v) is 8.83. The minimum Gasteiger partial charge on any atom is -0.393 e. The summed E-state index contributed by atoms with van der Waals surface area (Å²) in [5.41, 5.74) is 1.96. The number of aliphatic hydroxyl groups is 1. The van der Waals surface area contributed by atoms with Crippen LogP contribution in [0.3, 0.4) is 0 Å². The Bertz CT molecular complexity index is 656. The predicted molar refractivity (Wildman–Crippen MR) is 82.7 cm³/mol. The van der Waals surface area contributed by atoms with E-state index in [9.17, 15) is 18.3 Å². The summed E-state index contributed by atoms with van der Waals surface area (Å²) in [6.45, 7) is 4.44. The molecular weight excluding hydrogens is 304 g/mol. The van der Waals surface area contributed by atoms with Crippen LogP contribution >= 0.6 is 0 Å². The molecule has 1 atom stereocenters. The summed E-state index contributed by atoms with van der Waals surface area (Å²) < 4.78 is 27.0. The van der Waals surface area contributed by atoms with Gasteiger partial charge < -0.3 is 10.0 Å². The number of sulfonamides is 1. The normalized spacial score (nSPS) is 16.2. The van der Waals surface area contributed by atoms with Crippen LogP contribution in [0.4, 0.5) is 0 Å². The highest BCUT2D eigenvalue weighted by Gasteiger charge is 2.21. The van der Waals surface area contributed by atoms with Crippen molar-refractivity contribution in [2.24, 2.45) is 0 Å². The van der Waals surface area contributed by atoms with Crippen molar-refractivity contribution in [3.8, 4) is 0 Å². The molecular formula is C15H22N2O4S. The molecule has 0 radical (unpaired) electrons. The lowest BCUT2D eigenvalue weighted by Gasteiger charge is -2.28. The number of aliphatic hydroxyl groups excluding tert-OH is 1. The molecule has 0 bridgehead atoms. The summed E-state index contributed by atoms with van der Waals surface area (Å²) >= 11 is 0. The maximum atomic E-state index is 12.2. The lowest BCUT2D eigenvalue weighted by Crippen LogP contribution is -2.34. The molecule has 0 spiro atoms. The molecule has 1 aliphatic heterocycles. The molecule has 1 aromatic rings. The Hall–Kier alpha value is -1.44. The first-order valence-electron chi connectivity index (χ1n) is 7.34. The van der Waals surface area contributed by atoms with Gasteiger partial charge in [0.25, 0.3) is 0 Å². The van der Waals surface area contributed by atoms with Gasteiger partial charge in [0.1, 0.15) is 0 Å². The molecule has 0 aromatic heterocycles. The summed E-state index contributed by atoms with van der Waals surface area (Å²) in [7, 11) is -3.59. The Morgan fingerprint density at radius 1 is 1.41 bits per heavy atom. The molecule has 0 unspecified atom stereocenters. The van der Waals surface area contributed by atoms with E-state index in [1.165, 1.54) is 6.92 Å². The van der Waals surface area contributed by atoms with Crippen LogP contribution < -0.4 is 4.72 Å². The van der Waals surface area contributed by atoms with E-state index in [0.717, 1.165) is 17.5 Å². The lowest BCUT2D eigenvalue weighted by molar-refractivity contribution is -0.129. The molecule has 2 rings (SSSR count). The van der Waals surface area contributed by atoms with Gasteiger partial charge in [0.15, 0.2) is 0 Å². The number of carbonyl (C=O) groups excluding carboxylic acids is 1. The summed E-state index contributed by atoms with van der Waals surface area (Å²) in [5.74, 6) is -0.00558. The molecule has 1 aromatic carbocycles. The van der Waals surface area contributed by atoms with Crippen molar-refractivity contribution in [3.05, 3.63) is 29.3 Å². The van der Waals surface area contributed by atoms with Crippen molar-refractivity contribution in [1.29, 1.82) is 0 Å². The average Bonchev–Trinajstić information content (AvgIpc) is 2.45. The average molecular weight is 326 g/mol. The third kappa shape index (κ3) is 4.06. The minimum atomic E-state index is -3.59. The van der Waals surface area contributed by atoms with Crippen molar-refractivity contribution < 1.29 is 18.3 Å². The highest BCUT2D eigenvalue weighted by atomic mass is 32.2. The van der Waals surface area contributed by atoms with E-state index < -0.39 is 16.1 Å². The minimum absolute atomic E-state index is 0.00558. The van der Waals surface area contributed by atoms with Crippen molar-refractivity contribution in [3.63, 3.8) is 0 Å². The van der Waals surface area contributed by atoms with Gasteiger partial charge in [0, 0.05) is 26.6 Å². The van der Waals surface area contributed by atoms with Crippen molar-refractivity contribution >= 4 is 15.9 Å². The fourth-order valence-corrected chi connectivity index (χ4v) is 3.55. The smallest absolute Gasteiger partial charge is 0.240 e. The second-order valence-electron chi connectivity index (χ2n) is 5.66. The quantitative estimate of drug-likeness (QED) is 0.831. The summed E-state index contributed by atoms with van der Waals surface area (Å²) in [6, 6.07) is 5.04. The third-order valence-corrected chi connectivity index (χ3v) is 5.26. The van der Waals surface area contributed by atoms with Gasteiger partial charge in [-0.1, -0.05) is 6.07 Å².